The van der Waals surface area contributed by atoms with Crippen molar-refractivity contribution < 1.29 is 8.42 Å². The lowest BCUT2D eigenvalue weighted by molar-refractivity contribution is 0.0801. The number of nitrogens with zero attached hydrogens (tertiary/aromatic N) is 2. The molecule has 118 valence electrons. The second-order valence-corrected chi connectivity index (χ2v) is 8.37. The molecule has 2 N–H and O–H groups in total. The molecule has 0 aromatic heterocycles. The van der Waals surface area contributed by atoms with Gasteiger partial charge in [0.25, 0.3) is 0 Å². The van der Waals surface area contributed by atoms with Gasteiger partial charge in [-0.15, -0.1) is 0 Å². The fraction of sp³-hybridized carbons (Fsp3) is 0.600. The van der Waals surface area contributed by atoms with Crippen LogP contribution in [0.2, 0.25) is 0 Å². The normalized spacial score (nSPS) is 20.6. The first-order valence-corrected chi connectivity index (χ1v) is 8.58. The van der Waals surface area contributed by atoms with Gasteiger partial charge in [-0.05, 0) is 51.9 Å². The van der Waals surface area contributed by atoms with E-state index >= 15 is 0 Å². The molecule has 1 fully saturated rings. The Balaban J connectivity index is 2.47. The maximum atomic E-state index is 13.0. The molecule has 6 heteroatoms. The van der Waals surface area contributed by atoms with Crippen molar-refractivity contribution in [2.75, 3.05) is 32.4 Å². The van der Waals surface area contributed by atoms with Crippen molar-refractivity contribution >= 4 is 15.7 Å². The Hall–Kier alpha value is -1.11. The van der Waals surface area contributed by atoms with E-state index in [9.17, 15) is 8.42 Å². The third-order valence-corrected chi connectivity index (χ3v) is 6.64. The van der Waals surface area contributed by atoms with Crippen LogP contribution < -0.4 is 5.73 Å². The van der Waals surface area contributed by atoms with Gasteiger partial charge in [-0.1, -0.05) is 6.07 Å². The zero-order chi connectivity index (χ0) is 16.0. The summed E-state index contributed by atoms with van der Waals surface area (Å²) in [5, 5.41) is 0. The molecule has 0 atom stereocenters. The Kier molecular flexibility index (Phi) is 4.08. The third-order valence-electron chi connectivity index (χ3n) is 4.59. The molecule has 0 unspecified atom stereocenters. The van der Waals surface area contributed by atoms with Crippen molar-refractivity contribution in [3.63, 3.8) is 0 Å². The summed E-state index contributed by atoms with van der Waals surface area (Å²) in [7, 11) is -1.53. The Morgan fingerprint density at radius 1 is 1.19 bits per heavy atom. The van der Waals surface area contributed by atoms with Gasteiger partial charge < -0.3 is 5.73 Å². The van der Waals surface area contributed by atoms with Gasteiger partial charge in [0.05, 0.1) is 5.69 Å². The van der Waals surface area contributed by atoms with Crippen LogP contribution in [0.3, 0.4) is 0 Å². The highest BCUT2D eigenvalue weighted by Gasteiger charge is 2.38. The molecular weight excluding hydrogens is 286 g/mol. The summed E-state index contributed by atoms with van der Waals surface area (Å²) in [4.78, 5) is 2.45. The molecule has 0 aliphatic carbocycles. The predicted molar refractivity (Wildman–Crippen MR) is 85.8 cm³/mol. The van der Waals surface area contributed by atoms with Crippen LogP contribution in [0.4, 0.5) is 5.69 Å². The zero-order valence-electron chi connectivity index (χ0n) is 13.5. The summed E-state index contributed by atoms with van der Waals surface area (Å²) < 4.78 is 27.6. The van der Waals surface area contributed by atoms with E-state index in [1.54, 1.807) is 10.4 Å². The van der Waals surface area contributed by atoms with Crippen molar-refractivity contribution in [2.24, 2.45) is 0 Å². The zero-order valence-corrected chi connectivity index (χ0v) is 14.3. The number of benzene rings is 1. The van der Waals surface area contributed by atoms with E-state index in [2.05, 4.69) is 18.7 Å². The standard InChI is InChI=1S/C15H25N3O2S/c1-11-6-7-13(16)14(12(11)2)21(19,20)18-9-8-17(5)15(3,4)10-18/h6-7H,8-10,16H2,1-5H3. The molecule has 0 amide bonds. The SMILES string of the molecule is Cc1ccc(N)c(S(=O)(=O)N2CCN(C)C(C)(C)C2)c1C. The summed E-state index contributed by atoms with van der Waals surface area (Å²) in [5.41, 5.74) is 7.79. The number of likely N-dealkylation sites (N-methyl/N-ethyl adjacent to an activating group) is 1. The minimum Gasteiger partial charge on any atom is -0.398 e. The number of anilines is 1. The molecule has 1 aromatic rings. The average Bonchev–Trinajstić information content (AvgIpc) is 2.37. The van der Waals surface area contributed by atoms with Gasteiger partial charge in [0, 0.05) is 25.2 Å². The van der Waals surface area contributed by atoms with Gasteiger partial charge in [0.2, 0.25) is 10.0 Å². The highest BCUT2D eigenvalue weighted by atomic mass is 32.2. The van der Waals surface area contributed by atoms with E-state index in [1.165, 1.54) is 0 Å². The maximum Gasteiger partial charge on any atom is 0.245 e. The van der Waals surface area contributed by atoms with Gasteiger partial charge in [-0.2, -0.15) is 4.31 Å². The summed E-state index contributed by atoms with van der Waals surface area (Å²) >= 11 is 0. The molecule has 1 heterocycles. The van der Waals surface area contributed by atoms with Gasteiger partial charge >= 0.3 is 0 Å². The largest absolute Gasteiger partial charge is 0.398 e. The molecule has 1 aliphatic rings. The molecule has 0 spiro atoms. The van der Waals surface area contributed by atoms with Crippen molar-refractivity contribution in [3.8, 4) is 0 Å². The topological polar surface area (TPSA) is 66.6 Å². The molecule has 1 aliphatic heterocycles. The summed E-state index contributed by atoms with van der Waals surface area (Å²) in [6.45, 7) is 9.52. The van der Waals surface area contributed by atoms with Crippen LogP contribution in [-0.4, -0.2) is 49.8 Å². The first-order chi connectivity index (χ1) is 9.57. The number of hydrogen-bond acceptors (Lipinski definition) is 4. The lowest BCUT2D eigenvalue weighted by atomic mass is 10.0. The first kappa shape index (κ1) is 16.3. The molecule has 1 aromatic carbocycles. The van der Waals surface area contributed by atoms with E-state index in [4.69, 9.17) is 5.73 Å². The minimum atomic E-state index is -3.56. The minimum absolute atomic E-state index is 0.183. The molecule has 0 radical (unpaired) electrons. The lowest BCUT2D eigenvalue weighted by Gasteiger charge is -2.44. The summed E-state index contributed by atoms with van der Waals surface area (Å²) in [6, 6.07) is 3.54. The van der Waals surface area contributed by atoms with Gasteiger partial charge in [-0.3, -0.25) is 4.90 Å². The molecule has 2 rings (SSSR count). The second kappa shape index (κ2) is 5.26. The molecule has 5 nitrogen and oxygen atoms in total. The van der Waals surface area contributed by atoms with Gasteiger partial charge in [-0.25, -0.2) is 8.42 Å². The highest BCUT2D eigenvalue weighted by molar-refractivity contribution is 7.89. The predicted octanol–water partition coefficient (Wildman–Crippen LogP) is 1.60. The molecular formula is C15H25N3O2S. The number of hydrogen-bond donors (Lipinski definition) is 1. The van der Waals surface area contributed by atoms with Crippen LogP contribution in [0.15, 0.2) is 17.0 Å². The van der Waals surface area contributed by atoms with E-state index in [0.29, 0.717) is 18.8 Å². The number of aryl methyl sites for hydroxylation is 1. The Bertz CT molecular complexity index is 653. The van der Waals surface area contributed by atoms with Crippen LogP contribution in [-0.2, 0) is 10.0 Å². The number of nitrogen functional groups attached to an aromatic ring is 1. The van der Waals surface area contributed by atoms with Crippen LogP contribution in [0.5, 0.6) is 0 Å². The summed E-state index contributed by atoms with van der Waals surface area (Å²) in [6.07, 6.45) is 0. The van der Waals surface area contributed by atoms with Crippen LogP contribution in [0.1, 0.15) is 25.0 Å². The number of nitrogens with two attached hydrogens (primary N) is 1. The smallest absolute Gasteiger partial charge is 0.245 e. The number of piperazine rings is 1. The number of sulfonamides is 1. The fourth-order valence-corrected chi connectivity index (χ4v) is 4.66. The van der Waals surface area contributed by atoms with Crippen molar-refractivity contribution in [3.05, 3.63) is 23.3 Å². The Labute approximate surface area is 127 Å². The van der Waals surface area contributed by atoms with E-state index in [-0.39, 0.29) is 10.4 Å². The van der Waals surface area contributed by atoms with Gasteiger partial charge in [0.1, 0.15) is 4.90 Å². The number of rotatable bonds is 2. The van der Waals surface area contributed by atoms with Crippen LogP contribution >= 0.6 is 0 Å². The average molecular weight is 311 g/mol. The second-order valence-electron chi connectivity index (χ2n) is 6.50. The fourth-order valence-electron chi connectivity index (χ4n) is 2.68. The molecule has 0 saturated carbocycles. The van der Waals surface area contributed by atoms with E-state index < -0.39 is 10.0 Å². The van der Waals surface area contributed by atoms with Crippen molar-refractivity contribution in [1.29, 1.82) is 0 Å². The summed E-state index contributed by atoms with van der Waals surface area (Å²) in [5.74, 6) is 0. The van der Waals surface area contributed by atoms with E-state index in [0.717, 1.165) is 17.7 Å². The van der Waals surface area contributed by atoms with Crippen LogP contribution in [0.25, 0.3) is 0 Å². The van der Waals surface area contributed by atoms with Crippen LogP contribution in [0, 0.1) is 13.8 Å². The third kappa shape index (κ3) is 2.80. The Morgan fingerprint density at radius 3 is 2.38 bits per heavy atom. The molecule has 1 saturated heterocycles. The first-order valence-electron chi connectivity index (χ1n) is 7.14. The Morgan fingerprint density at radius 2 is 1.81 bits per heavy atom. The molecule has 0 bridgehead atoms. The maximum absolute atomic E-state index is 13.0. The van der Waals surface area contributed by atoms with Crippen molar-refractivity contribution in [2.45, 2.75) is 38.1 Å². The van der Waals surface area contributed by atoms with Crippen molar-refractivity contribution in [1.82, 2.24) is 9.21 Å². The highest BCUT2D eigenvalue weighted by Crippen LogP contribution is 2.31. The van der Waals surface area contributed by atoms with E-state index in [1.807, 2.05) is 27.0 Å². The molecule has 21 heavy (non-hydrogen) atoms. The lowest BCUT2D eigenvalue weighted by Crippen LogP contribution is -2.58. The van der Waals surface area contributed by atoms with Gasteiger partial charge in [0.15, 0.2) is 0 Å². The quantitative estimate of drug-likeness (QED) is 0.843. The monoisotopic (exact) mass is 311 g/mol.